The summed E-state index contributed by atoms with van der Waals surface area (Å²) in [6, 6.07) is 31.3. The molecule has 2 amide bonds. The molecule has 1 unspecified atom stereocenters. The first kappa shape index (κ1) is 35.0. The molecule has 4 aromatic carbocycles. The van der Waals surface area contributed by atoms with Crippen LogP contribution in [0.5, 0.6) is 11.5 Å². The Kier molecular flexibility index (Phi) is 10.2. The lowest BCUT2D eigenvalue weighted by Gasteiger charge is -2.37. The van der Waals surface area contributed by atoms with Crippen molar-refractivity contribution in [3.8, 4) is 11.5 Å². The summed E-state index contributed by atoms with van der Waals surface area (Å²) in [5, 5.41) is 13.0. The van der Waals surface area contributed by atoms with Crippen molar-refractivity contribution in [2.75, 3.05) is 44.2 Å². The molecule has 8 nitrogen and oxygen atoms in total. The third-order valence-electron chi connectivity index (χ3n) is 11.8. The quantitative estimate of drug-likeness (QED) is 0.158. The van der Waals surface area contributed by atoms with Gasteiger partial charge in [0, 0.05) is 55.6 Å². The van der Waals surface area contributed by atoms with Crippen LogP contribution in [-0.4, -0.2) is 72.1 Å². The number of aryl methyl sites for hydroxylation is 1. The molecule has 8 heteroatoms. The SMILES string of the molecule is C=C1CCC(N2Cc3cc(OCCCCCN4CCN(c5ccc([C@H]6c7ccc(O)cc7CC[C@H]6c6ccccc6)cc5)CC4)ccc3C2=O)C(=O)N1. The summed E-state index contributed by atoms with van der Waals surface area (Å²) < 4.78 is 6.08. The number of unbranched alkanes of at least 4 members (excludes halogenated alkanes) is 2. The van der Waals surface area contributed by atoms with E-state index in [1.165, 1.54) is 27.9 Å². The van der Waals surface area contributed by atoms with Gasteiger partial charge in [-0.15, -0.1) is 0 Å². The zero-order valence-corrected chi connectivity index (χ0v) is 30.5. The van der Waals surface area contributed by atoms with Gasteiger partial charge in [-0.1, -0.05) is 55.1 Å². The number of phenols is 1. The number of fused-ring (bicyclic) bond motifs is 2. The first-order valence-electron chi connectivity index (χ1n) is 19.4. The van der Waals surface area contributed by atoms with Crippen LogP contribution in [0.3, 0.4) is 0 Å². The third kappa shape index (κ3) is 7.56. The molecular weight excluding hydrogens is 661 g/mol. The number of benzene rings is 4. The van der Waals surface area contributed by atoms with E-state index in [0.29, 0.717) is 43.2 Å². The second kappa shape index (κ2) is 15.5. The van der Waals surface area contributed by atoms with Crippen molar-refractivity contribution in [2.24, 2.45) is 0 Å². The van der Waals surface area contributed by atoms with E-state index in [4.69, 9.17) is 4.74 Å². The van der Waals surface area contributed by atoms with Gasteiger partial charge in [0.05, 0.1) is 6.61 Å². The monoisotopic (exact) mass is 710 g/mol. The fourth-order valence-electron chi connectivity index (χ4n) is 8.92. The molecule has 0 spiro atoms. The number of aromatic hydroxyl groups is 1. The maximum atomic E-state index is 13.0. The lowest BCUT2D eigenvalue weighted by atomic mass is 9.69. The van der Waals surface area contributed by atoms with Crippen LogP contribution in [-0.2, 0) is 17.8 Å². The summed E-state index contributed by atoms with van der Waals surface area (Å²) in [4.78, 5) is 32.3. The van der Waals surface area contributed by atoms with E-state index >= 15 is 0 Å². The zero-order valence-electron chi connectivity index (χ0n) is 30.5. The maximum absolute atomic E-state index is 13.0. The smallest absolute Gasteiger partial charge is 0.255 e. The van der Waals surface area contributed by atoms with Gasteiger partial charge in [0.15, 0.2) is 0 Å². The molecule has 0 saturated carbocycles. The first-order chi connectivity index (χ1) is 25.9. The summed E-state index contributed by atoms with van der Waals surface area (Å²) in [6.07, 6.45) is 6.59. The minimum absolute atomic E-state index is 0.0838. The molecule has 8 rings (SSSR count). The number of nitrogens with one attached hydrogen (secondary N) is 1. The number of hydrogen-bond acceptors (Lipinski definition) is 6. The Bertz CT molecular complexity index is 1950. The molecule has 0 bridgehead atoms. The number of amides is 2. The van der Waals surface area contributed by atoms with E-state index in [0.717, 1.165) is 81.8 Å². The Morgan fingerprint density at radius 1 is 0.792 bits per heavy atom. The van der Waals surface area contributed by atoms with E-state index in [-0.39, 0.29) is 17.7 Å². The van der Waals surface area contributed by atoms with Gasteiger partial charge in [0.1, 0.15) is 17.5 Å². The van der Waals surface area contributed by atoms with E-state index in [1.807, 2.05) is 30.3 Å². The average molecular weight is 711 g/mol. The molecule has 2 N–H and O–H groups in total. The van der Waals surface area contributed by atoms with E-state index in [1.54, 1.807) is 4.90 Å². The third-order valence-corrected chi connectivity index (χ3v) is 11.8. The number of nitrogens with zero attached hydrogens (tertiary/aromatic N) is 3. The molecule has 1 aliphatic carbocycles. The number of piperazine rings is 1. The van der Waals surface area contributed by atoms with Crippen LogP contribution in [0.15, 0.2) is 103 Å². The van der Waals surface area contributed by atoms with Crippen molar-refractivity contribution in [3.63, 3.8) is 0 Å². The van der Waals surface area contributed by atoms with Gasteiger partial charge in [-0.2, -0.15) is 0 Å². The molecule has 3 aliphatic heterocycles. The normalized spacial score (nSPS) is 21.7. The van der Waals surface area contributed by atoms with Crippen molar-refractivity contribution in [1.82, 2.24) is 15.1 Å². The largest absolute Gasteiger partial charge is 0.508 e. The van der Waals surface area contributed by atoms with Gasteiger partial charge in [-0.3, -0.25) is 14.5 Å². The Balaban J connectivity index is 0.780. The number of anilines is 1. The van der Waals surface area contributed by atoms with Crippen LogP contribution in [0.1, 0.15) is 88.5 Å². The summed E-state index contributed by atoms with van der Waals surface area (Å²) in [6.45, 7) is 10.2. The van der Waals surface area contributed by atoms with Crippen molar-refractivity contribution in [1.29, 1.82) is 0 Å². The molecule has 0 aromatic heterocycles. The Morgan fingerprint density at radius 3 is 2.40 bits per heavy atom. The van der Waals surface area contributed by atoms with Gasteiger partial charge in [-0.05, 0) is 128 Å². The number of piperidine rings is 1. The average Bonchev–Trinajstić information content (AvgIpc) is 3.51. The molecule has 3 heterocycles. The minimum atomic E-state index is -0.448. The van der Waals surface area contributed by atoms with E-state index in [9.17, 15) is 14.7 Å². The molecule has 3 atom stereocenters. The number of rotatable bonds is 11. The summed E-state index contributed by atoms with van der Waals surface area (Å²) >= 11 is 0. The summed E-state index contributed by atoms with van der Waals surface area (Å²) in [5.41, 5.74) is 8.92. The minimum Gasteiger partial charge on any atom is -0.508 e. The van der Waals surface area contributed by atoms with Crippen LogP contribution in [0.2, 0.25) is 0 Å². The number of hydrogen-bond donors (Lipinski definition) is 2. The van der Waals surface area contributed by atoms with Crippen molar-refractivity contribution < 1.29 is 19.4 Å². The molecule has 274 valence electrons. The van der Waals surface area contributed by atoms with Crippen LogP contribution in [0.25, 0.3) is 0 Å². The van der Waals surface area contributed by atoms with Crippen LogP contribution >= 0.6 is 0 Å². The Hall–Kier alpha value is -5.08. The summed E-state index contributed by atoms with van der Waals surface area (Å²) in [5.74, 6) is 1.58. The van der Waals surface area contributed by atoms with Crippen molar-refractivity contribution in [2.45, 2.75) is 69.4 Å². The Labute approximate surface area is 313 Å². The predicted octanol–water partition coefficient (Wildman–Crippen LogP) is 7.37. The predicted molar refractivity (Wildman–Crippen MR) is 209 cm³/mol. The molecular formula is C45H50N4O4. The highest BCUT2D eigenvalue weighted by atomic mass is 16.5. The number of phenolic OH excluding ortho intramolecular Hbond substituents is 1. The molecule has 0 radical (unpaired) electrons. The number of carbonyl (C=O) groups is 2. The highest BCUT2D eigenvalue weighted by Gasteiger charge is 2.38. The highest BCUT2D eigenvalue weighted by Crippen LogP contribution is 2.47. The molecule has 4 aliphatic rings. The maximum Gasteiger partial charge on any atom is 0.255 e. The topological polar surface area (TPSA) is 85.4 Å². The second-order valence-electron chi connectivity index (χ2n) is 15.1. The zero-order chi connectivity index (χ0) is 36.3. The fourth-order valence-corrected chi connectivity index (χ4v) is 8.92. The van der Waals surface area contributed by atoms with E-state index in [2.05, 4.69) is 82.4 Å². The molecule has 2 fully saturated rings. The van der Waals surface area contributed by atoms with Gasteiger partial charge in [-0.25, -0.2) is 0 Å². The Morgan fingerprint density at radius 2 is 1.60 bits per heavy atom. The van der Waals surface area contributed by atoms with Crippen molar-refractivity contribution in [3.05, 3.63) is 137 Å². The van der Waals surface area contributed by atoms with E-state index < -0.39 is 6.04 Å². The second-order valence-corrected chi connectivity index (χ2v) is 15.1. The lowest BCUT2D eigenvalue weighted by Crippen LogP contribution is -2.49. The van der Waals surface area contributed by atoms with Gasteiger partial charge in [0.2, 0.25) is 5.91 Å². The van der Waals surface area contributed by atoms with Gasteiger partial charge < -0.3 is 25.0 Å². The highest BCUT2D eigenvalue weighted by molar-refractivity contribution is 6.01. The van der Waals surface area contributed by atoms with Gasteiger partial charge in [0.25, 0.3) is 5.91 Å². The molecule has 53 heavy (non-hydrogen) atoms. The van der Waals surface area contributed by atoms with Crippen LogP contribution in [0, 0.1) is 0 Å². The fraction of sp³-hybridized carbons (Fsp3) is 0.378. The number of allylic oxidation sites excluding steroid dienone is 1. The number of carbonyl (C=O) groups excluding carboxylic acids is 2. The lowest BCUT2D eigenvalue weighted by molar-refractivity contribution is -0.126. The molecule has 4 aromatic rings. The van der Waals surface area contributed by atoms with Crippen molar-refractivity contribution >= 4 is 17.5 Å². The summed E-state index contributed by atoms with van der Waals surface area (Å²) in [7, 11) is 0. The van der Waals surface area contributed by atoms with Crippen LogP contribution < -0.4 is 15.0 Å². The standard InChI is InChI=1S/C45H50N4O4/c1-31-10-21-42(44(51)46-31)49-30-35-29-38(17-20-41(35)45(49)52)53-27-7-3-6-22-47-23-25-48(26-24-47)36-14-11-33(12-15-36)43-39(32-8-4-2-5-9-32)18-13-34-28-37(50)16-19-40(34)43/h2,4-5,8-9,11-12,14-17,19-20,28-29,39,42-43,50H,1,3,6-7,10,13,18,21-27,30H2,(H,46,51)/t39-,42?,43+/m0/s1. The molecule has 2 saturated heterocycles. The first-order valence-corrected chi connectivity index (χ1v) is 19.4. The number of ether oxygens (including phenoxy) is 1. The van der Waals surface area contributed by atoms with Crippen LogP contribution in [0.4, 0.5) is 5.69 Å². The van der Waals surface area contributed by atoms with Gasteiger partial charge >= 0.3 is 0 Å².